The predicted molar refractivity (Wildman–Crippen MR) is 107 cm³/mol. The summed E-state index contributed by atoms with van der Waals surface area (Å²) in [7, 11) is 0. The second-order valence-corrected chi connectivity index (χ2v) is 8.83. The molecule has 4 aliphatic heterocycles. The third-order valence-corrected chi connectivity index (χ3v) is 7.41. The molecule has 2 aromatic carbocycles. The van der Waals surface area contributed by atoms with Crippen LogP contribution in [0.2, 0.25) is 5.02 Å². The molecule has 31 heavy (non-hydrogen) atoms. The number of nitrogens with zero attached hydrogens (tertiary/aromatic N) is 2. The molecule has 3 saturated heterocycles. The lowest BCUT2D eigenvalue weighted by Gasteiger charge is -2.36. The lowest BCUT2D eigenvalue weighted by atomic mass is 9.75. The molecule has 4 aliphatic rings. The molecule has 2 aromatic rings. The average molecular weight is 444 g/mol. The molecular weight excluding hydrogens is 428 g/mol. The van der Waals surface area contributed by atoms with Crippen molar-refractivity contribution in [1.82, 2.24) is 4.90 Å². The van der Waals surface area contributed by atoms with Gasteiger partial charge < -0.3 is 5.32 Å². The van der Waals surface area contributed by atoms with E-state index >= 15 is 0 Å². The van der Waals surface area contributed by atoms with Crippen LogP contribution in [0.4, 0.5) is 20.2 Å². The first-order valence-electron chi connectivity index (χ1n) is 10.1. The van der Waals surface area contributed by atoms with Gasteiger partial charge in [0.25, 0.3) is 0 Å². The van der Waals surface area contributed by atoms with Gasteiger partial charge in [-0.3, -0.25) is 19.3 Å². The molecule has 0 saturated carbocycles. The molecular formula is C22H16ClF2N3O3. The zero-order valence-corrected chi connectivity index (χ0v) is 16.8. The Hall–Kier alpha value is -2.84. The van der Waals surface area contributed by atoms with E-state index in [1.54, 1.807) is 0 Å². The summed E-state index contributed by atoms with van der Waals surface area (Å²) >= 11 is 5.89. The van der Waals surface area contributed by atoms with Gasteiger partial charge >= 0.3 is 0 Å². The zero-order valence-electron chi connectivity index (χ0n) is 16.1. The molecule has 1 spiro atoms. The van der Waals surface area contributed by atoms with E-state index in [4.69, 9.17) is 11.6 Å². The smallest absolute Gasteiger partial charge is 0.250 e. The molecule has 0 unspecified atom stereocenters. The molecule has 9 heteroatoms. The molecule has 0 aliphatic carbocycles. The maximum absolute atomic E-state index is 14.2. The average Bonchev–Trinajstić information content (AvgIpc) is 3.43. The summed E-state index contributed by atoms with van der Waals surface area (Å²) in [5.74, 6) is -4.36. The molecule has 158 valence electrons. The van der Waals surface area contributed by atoms with Gasteiger partial charge in [0.15, 0.2) is 0 Å². The quantitative estimate of drug-likeness (QED) is 0.688. The van der Waals surface area contributed by atoms with Crippen molar-refractivity contribution in [3.8, 4) is 0 Å². The van der Waals surface area contributed by atoms with Gasteiger partial charge in [0.1, 0.15) is 17.2 Å². The number of carbonyl (C=O) groups is 3. The van der Waals surface area contributed by atoms with Crippen LogP contribution in [0.5, 0.6) is 0 Å². The molecule has 4 atom stereocenters. The molecule has 0 radical (unpaired) electrons. The first-order chi connectivity index (χ1) is 14.9. The Kier molecular flexibility index (Phi) is 3.72. The minimum Gasteiger partial charge on any atom is -0.324 e. The van der Waals surface area contributed by atoms with Crippen molar-refractivity contribution in [2.24, 2.45) is 11.8 Å². The van der Waals surface area contributed by atoms with E-state index < -0.39 is 46.7 Å². The van der Waals surface area contributed by atoms with Crippen LogP contribution in [0.25, 0.3) is 0 Å². The van der Waals surface area contributed by atoms with Gasteiger partial charge in [-0.2, -0.15) is 0 Å². The van der Waals surface area contributed by atoms with Crippen LogP contribution in [0.1, 0.15) is 18.4 Å². The van der Waals surface area contributed by atoms with E-state index in [2.05, 4.69) is 5.32 Å². The van der Waals surface area contributed by atoms with Gasteiger partial charge in [0.05, 0.1) is 22.5 Å². The summed E-state index contributed by atoms with van der Waals surface area (Å²) in [6.07, 6.45) is 1.41. The SMILES string of the molecule is O=C1[C@H]2[C@H]3CCCN3[C@@]3(C(=O)Nc4ccc(F)cc43)[C@@H]2C(=O)N1c1ccc(F)c(Cl)c1. The maximum atomic E-state index is 14.2. The molecule has 4 heterocycles. The Morgan fingerprint density at radius 3 is 2.65 bits per heavy atom. The highest BCUT2D eigenvalue weighted by molar-refractivity contribution is 6.32. The topological polar surface area (TPSA) is 69.7 Å². The Labute approximate surface area is 180 Å². The molecule has 6 rings (SSSR count). The van der Waals surface area contributed by atoms with Crippen molar-refractivity contribution in [2.45, 2.75) is 24.4 Å². The van der Waals surface area contributed by atoms with Crippen molar-refractivity contribution in [2.75, 3.05) is 16.8 Å². The van der Waals surface area contributed by atoms with E-state index in [1.165, 1.54) is 30.3 Å². The standard InChI is InChI=1S/C22H16ClF2N3O3/c23-13-9-11(4-5-14(13)25)28-19(29)17-16-2-1-7-27(16)22(18(17)20(28)30)12-8-10(24)3-6-15(12)26-21(22)31/h3-6,8-9,16-18H,1-2,7H2,(H,26,31)/t16-,17+,18+,22-/m1/s1. The van der Waals surface area contributed by atoms with Crippen molar-refractivity contribution < 1.29 is 23.2 Å². The Bertz CT molecular complexity index is 1200. The molecule has 1 N–H and O–H groups in total. The summed E-state index contributed by atoms with van der Waals surface area (Å²) in [5.41, 5.74) is -0.458. The predicted octanol–water partition coefficient (Wildman–Crippen LogP) is 3.05. The van der Waals surface area contributed by atoms with Crippen LogP contribution in [-0.2, 0) is 19.9 Å². The van der Waals surface area contributed by atoms with Crippen LogP contribution in [0.3, 0.4) is 0 Å². The van der Waals surface area contributed by atoms with Crippen LogP contribution in [-0.4, -0.2) is 35.2 Å². The van der Waals surface area contributed by atoms with Crippen LogP contribution in [0.15, 0.2) is 36.4 Å². The molecule has 0 aromatic heterocycles. The molecule has 3 fully saturated rings. The number of benzene rings is 2. The number of fused-ring (bicyclic) bond motifs is 7. The molecule has 6 nitrogen and oxygen atoms in total. The highest BCUT2D eigenvalue weighted by atomic mass is 35.5. The number of anilines is 2. The van der Waals surface area contributed by atoms with E-state index in [0.29, 0.717) is 24.2 Å². The van der Waals surface area contributed by atoms with Crippen LogP contribution >= 0.6 is 11.6 Å². The minimum atomic E-state index is -1.45. The highest BCUT2D eigenvalue weighted by Crippen LogP contribution is 2.60. The van der Waals surface area contributed by atoms with E-state index in [0.717, 1.165) is 17.4 Å². The highest BCUT2D eigenvalue weighted by Gasteiger charge is 2.74. The van der Waals surface area contributed by atoms with Gasteiger partial charge in [-0.1, -0.05) is 11.6 Å². The van der Waals surface area contributed by atoms with Gasteiger partial charge in [-0.25, -0.2) is 13.7 Å². The van der Waals surface area contributed by atoms with Crippen molar-refractivity contribution in [1.29, 1.82) is 0 Å². The summed E-state index contributed by atoms with van der Waals surface area (Å²) in [6.45, 7) is 0.532. The Morgan fingerprint density at radius 2 is 1.87 bits per heavy atom. The van der Waals surface area contributed by atoms with E-state index in [1.807, 2.05) is 4.90 Å². The molecule has 3 amide bonds. The number of imide groups is 1. The summed E-state index contributed by atoms with van der Waals surface area (Å²) < 4.78 is 27.9. The molecule has 0 bridgehead atoms. The van der Waals surface area contributed by atoms with Gasteiger partial charge in [-0.05, 0) is 55.8 Å². The number of hydrogen-bond donors (Lipinski definition) is 1. The van der Waals surface area contributed by atoms with Crippen LogP contribution < -0.4 is 10.2 Å². The summed E-state index contributed by atoms with van der Waals surface area (Å²) in [5, 5.41) is 2.58. The number of amides is 3. The van der Waals surface area contributed by atoms with Gasteiger partial charge in [0.2, 0.25) is 17.7 Å². The third-order valence-electron chi connectivity index (χ3n) is 7.12. The normalized spacial score (nSPS) is 31.4. The number of hydrogen-bond acceptors (Lipinski definition) is 4. The lowest BCUT2D eigenvalue weighted by Crippen LogP contribution is -2.54. The van der Waals surface area contributed by atoms with Gasteiger partial charge in [-0.15, -0.1) is 0 Å². The van der Waals surface area contributed by atoms with E-state index in [9.17, 15) is 23.2 Å². The maximum Gasteiger partial charge on any atom is 0.250 e. The number of rotatable bonds is 1. The summed E-state index contributed by atoms with van der Waals surface area (Å²) in [4.78, 5) is 43.5. The van der Waals surface area contributed by atoms with Crippen molar-refractivity contribution >= 4 is 40.7 Å². The largest absolute Gasteiger partial charge is 0.324 e. The monoisotopic (exact) mass is 443 g/mol. The second kappa shape index (κ2) is 6.11. The van der Waals surface area contributed by atoms with E-state index in [-0.39, 0.29) is 16.8 Å². The lowest BCUT2D eigenvalue weighted by molar-refractivity contribution is -0.135. The number of carbonyl (C=O) groups excluding carboxylic acids is 3. The zero-order chi connectivity index (χ0) is 21.7. The second-order valence-electron chi connectivity index (χ2n) is 8.43. The fourth-order valence-electron chi connectivity index (χ4n) is 6.05. The number of nitrogens with one attached hydrogen (secondary N) is 1. The van der Waals surface area contributed by atoms with Crippen LogP contribution in [0, 0.1) is 23.5 Å². The van der Waals surface area contributed by atoms with Gasteiger partial charge in [0, 0.05) is 17.3 Å². The first-order valence-corrected chi connectivity index (χ1v) is 10.4. The Balaban J connectivity index is 1.56. The first kappa shape index (κ1) is 18.9. The number of halogens is 3. The summed E-state index contributed by atoms with van der Waals surface area (Å²) in [6, 6.07) is 7.34. The fraction of sp³-hybridized carbons (Fsp3) is 0.318. The van der Waals surface area contributed by atoms with Crippen molar-refractivity contribution in [3.05, 3.63) is 58.6 Å². The van der Waals surface area contributed by atoms with Crippen molar-refractivity contribution in [3.63, 3.8) is 0 Å². The fourth-order valence-corrected chi connectivity index (χ4v) is 6.23. The Morgan fingerprint density at radius 1 is 1.06 bits per heavy atom. The minimum absolute atomic E-state index is 0.161. The third kappa shape index (κ3) is 2.16.